The van der Waals surface area contributed by atoms with Crippen LogP contribution in [0.25, 0.3) is 35.3 Å². The van der Waals surface area contributed by atoms with Gasteiger partial charge in [0.2, 0.25) is 17.3 Å². The standard InChI is InChI=1S/C31H30F4N6O2S2.C30H30F4N6O2S2.C29H27F4N7O2S2/c1-39-18-25(15-37-39)45(2,43)40(17-19-3-4-19)24-8-5-21-11-26-20(14-38-41(26)23-9-6-22(32)7-10-23)12-30(21,13-24)28(42)29-36-16-27(44-29)31(33,34)35;1-18(2)40(44(4,42)26-11-12-38(3)37-26)23-8-5-20-13-24-19(16-36-39(24)22-9-6-21(31)7-10-22)14-29(20,15-23)27(41)28-35-17-25(43-28)30(32,33)34;1-38-35-16-25(37-38)44(2,42)40(21-9-10-21)22-6-3-18-11-23-17(14-36-39(23)20-7-4-19(30)5-8-20)12-28(18,13-22)26(41)27-34-15-24(43-27)29(31,32)33/h6-7,9-11,14-16,18-19,24H,2-5,8,12-13,17H2,1H3;6-7,9-13,16-18,23H,4-5,8,14-15H2,1-3H3;4-5,7-8,11,14-16,21-22H,2-3,6,9-10,12-13H2,1H3/t24-,30-,45?;23-,29-,44?;22-,28-,44?/m000/s1. The average Bonchev–Trinajstić information content (AvgIpc) is 1.68. The van der Waals surface area contributed by atoms with Crippen LogP contribution in [0.2, 0.25) is 0 Å². The Morgan fingerprint density at radius 3 is 1.20 bits per heavy atom. The predicted molar refractivity (Wildman–Crippen MR) is 479 cm³/mol. The number of alkyl halides is 9. The molecule has 0 N–H and O–H groups in total. The van der Waals surface area contributed by atoms with Crippen molar-refractivity contribution in [2.24, 2.45) is 43.3 Å². The summed E-state index contributed by atoms with van der Waals surface area (Å²) in [4.78, 5) is 54.2. The molecule has 0 spiro atoms. The zero-order chi connectivity index (χ0) is 94.3. The fourth-order valence-corrected chi connectivity index (χ4v) is 28.1. The van der Waals surface area contributed by atoms with Gasteiger partial charge in [-0.3, -0.25) is 23.7 Å². The molecule has 3 unspecified atom stereocenters. The number of hydrogen-bond acceptors (Lipinski definition) is 19. The van der Waals surface area contributed by atoms with Crippen molar-refractivity contribution in [1.82, 2.24) is 91.8 Å². The highest BCUT2D eigenvalue weighted by molar-refractivity contribution is 7.98. The SMILES string of the molecule is C=S(=O)(c1ccn(C)n1)N(C(C)C)[C@H]1CCC2=Cc3c(cnn3-c3ccc(F)cc3)C[C@]2(C(=O)c2ncc(C(F)(F)F)s2)C1.C=S(=O)(c1cnn(C)c1)N(CC1CC1)[C@H]1CCC2=Cc3c(cnn3-c3ccc(F)cc3)C[C@]2(C(=O)c2ncc(C(F)(F)F)s2)C1.C=S(=O)(c1cnn(C)n1)N(C1CC1)[C@H]1CCC2=Cc3c(cnn3-c3ccc(F)cc3)C[C@]2(C(=O)c2ncc(C(F)(F)F)s2)C1. The monoisotopic (exact) mass is 1950 g/mol. The molecule has 8 aliphatic rings. The number of allylic oxidation sites excluding steroid dienone is 3. The van der Waals surface area contributed by atoms with E-state index in [1.807, 2.05) is 45.0 Å². The van der Waals surface area contributed by atoms with Crippen LogP contribution in [-0.4, -0.2) is 176 Å². The molecule has 20 rings (SSSR count). The minimum absolute atomic E-state index is 0.0261. The maximum absolute atomic E-state index is 14.5. The summed E-state index contributed by atoms with van der Waals surface area (Å²) >= 11 is 1.02. The van der Waals surface area contributed by atoms with E-state index in [9.17, 15) is 79.7 Å². The first-order valence-electron chi connectivity index (χ1n) is 42.6. The van der Waals surface area contributed by atoms with Crippen molar-refractivity contribution in [3.05, 3.63) is 238 Å². The molecule has 9 aromatic heterocycles. The Morgan fingerprint density at radius 1 is 0.459 bits per heavy atom. The van der Waals surface area contributed by atoms with Crippen molar-refractivity contribution in [3.8, 4) is 17.1 Å². The van der Waals surface area contributed by atoms with Gasteiger partial charge in [-0.15, -0.1) is 39.1 Å². The number of fused-ring (bicyclic) bond motifs is 6. The number of aryl methyl sites for hydroxylation is 3. The van der Waals surface area contributed by atoms with Gasteiger partial charge in [0, 0.05) is 70.3 Å². The molecule has 9 heterocycles. The molecule has 0 radical (unpaired) electrons. The van der Waals surface area contributed by atoms with Gasteiger partial charge in [0.25, 0.3) is 0 Å². The van der Waals surface area contributed by atoms with E-state index < -0.39 is 102 Å². The molecule has 5 fully saturated rings. The second-order valence-electron chi connectivity index (χ2n) is 35.2. The Labute approximate surface area is 768 Å². The summed E-state index contributed by atoms with van der Waals surface area (Å²) < 4.78 is 220. The Balaban J connectivity index is 0.000000134. The van der Waals surface area contributed by atoms with E-state index in [2.05, 4.69) is 68.3 Å². The maximum atomic E-state index is 14.5. The lowest BCUT2D eigenvalue weighted by Crippen LogP contribution is -2.52. The van der Waals surface area contributed by atoms with Crippen LogP contribution in [0, 0.1) is 39.6 Å². The lowest BCUT2D eigenvalue weighted by molar-refractivity contribution is -0.135. The first-order chi connectivity index (χ1) is 62.9. The van der Waals surface area contributed by atoms with E-state index in [0.717, 1.165) is 76.2 Å². The molecule has 12 aromatic rings. The molecule has 0 amide bonds. The fourth-order valence-electron chi connectivity index (χ4n) is 19.6. The number of aromatic nitrogens is 16. The summed E-state index contributed by atoms with van der Waals surface area (Å²) in [5, 5.41) is 30.4. The number of thiazole rings is 3. The molecular weight excluding hydrogens is 1860 g/mol. The van der Waals surface area contributed by atoms with Crippen molar-refractivity contribution in [3.63, 3.8) is 0 Å². The number of Topliss-reactive ketones (excluding diaryl/α,β-unsaturated/α-hetero) is 3. The molecule has 43 heteroatoms. The van der Waals surface area contributed by atoms with Gasteiger partial charge in [0.1, 0.15) is 32.1 Å². The molecule has 3 aromatic carbocycles. The van der Waals surface area contributed by atoms with E-state index in [1.54, 1.807) is 124 Å². The second kappa shape index (κ2) is 34.5. The summed E-state index contributed by atoms with van der Waals surface area (Å²) in [7, 11) is -4.07. The van der Waals surface area contributed by atoms with Crippen LogP contribution < -0.4 is 0 Å². The van der Waals surface area contributed by atoms with Crippen molar-refractivity contribution in [1.29, 1.82) is 0 Å². The zero-order valence-electron chi connectivity index (χ0n) is 72.0. The van der Waals surface area contributed by atoms with Gasteiger partial charge in [-0.05, 0) is 254 Å². The molecule has 9 atom stereocenters. The number of halogens is 12. The van der Waals surface area contributed by atoms with Crippen molar-refractivity contribution in [2.75, 3.05) is 6.54 Å². The fraction of sp³-hybridized carbons (Fsp3) is 0.378. The molecule has 698 valence electrons. The lowest BCUT2D eigenvalue weighted by Gasteiger charge is -2.48. The molecule has 0 bridgehead atoms. The van der Waals surface area contributed by atoms with E-state index >= 15 is 0 Å². The highest BCUT2D eigenvalue weighted by Gasteiger charge is 2.58. The quantitative estimate of drug-likeness (QED) is 0.0346. The van der Waals surface area contributed by atoms with Gasteiger partial charge in [-0.2, -0.15) is 74.9 Å². The van der Waals surface area contributed by atoms with E-state index in [1.165, 1.54) is 47.4 Å². The van der Waals surface area contributed by atoms with Gasteiger partial charge in [-0.1, -0.05) is 16.7 Å². The van der Waals surface area contributed by atoms with Gasteiger partial charge in [-0.25, -0.2) is 67.7 Å². The molecular formula is C90H87F12N19O6S6. The van der Waals surface area contributed by atoms with Gasteiger partial charge in [0.15, 0.2) is 25.1 Å². The third-order valence-electron chi connectivity index (χ3n) is 26.1. The minimum atomic E-state index is -4.63. The van der Waals surface area contributed by atoms with Crippen LogP contribution in [-0.2, 0) is 88.1 Å². The van der Waals surface area contributed by atoms with Crippen LogP contribution >= 0.6 is 34.0 Å². The van der Waals surface area contributed by atoms with Gasteiger partial charge >= 0.3 is 18.5 Å². The van der Waals surface area contributed by atoms with E-state index in [4.69, 9.17) is 0 Å². The Hall–Kier alpha value is -10.9. The number of rotatable bonds is 22. The highest BCUT2D eigenvalue weighted by Crippen LogP contribution is 2.58. The van der Waals surface area contributed by atoms with Crippen LogP contribution in [0.4, 0.5) is 52.7 Å². The third kappa shape index (κ3) is 17.5. The number of carbonyl (C=O) groups is 3. The molecule has 0 saturated heterocycles. The highest BCUT2D eigenvalue weighted by atomic mass is 32.2. The predicted octanol–water partition coefficient (Wildman–Crippen LogP) is 17.1. The van der Waals surface area contributed by atoms with Gasteiger partial charge in [0.05, 0.1) is 134 Å². The maximum Gasteiger partial charge on any atom is 0.427 e. The molecule has 133 heavy (non-hydrogen) atoms. The summed E-state index contributed by atoms with van der Waals surface area (Å²) in [6, 6.07) is 17.9. The van der Waals surface area contributed by atoms with E-state index in [0.29, 0.717) is 131 Å². The average molecular weight is 1950 g/mol. The number of benzene rings is 3. The second-order valence-corrected chi connectivity index (χ2v) is 44.8. The number of hydrogen-bond donors (Lipinski definition) is 0. The van der Waals surface area contributed by atoms with Crippen LogP contribution in [0.15, 0.2) is 172 Å². The van der Waals surface area contributed by atoms with Crippen LogP contribution in [0.3, 0.4) is 0 Å². The largest absolute Gasteiger partial charge is 0.427 e. The van der Waals surface area contributed by atoms with Crippen molar-refractivity contribution < 1.29 is 79.7 Å². The molecule has 8 aliphatic carbocycles. The Kier molecular flexibility index (Phi) is 24.0. The molecule has 25 nitrogen and oxygen atoms in total. The summed E-state index contributed by atoms with van der Waals surface area (Å²) in [6.07, 6.45) is 12.9. The summed E-state index contributed by atoms with van der Waals surface area (Å²) in [5.74, 6) is 10.1. The summed E-state index contributed by atoms with van der Waals surface area (Å²) in [5.41, 5.74) is 4.82. The normalized spacial score (nSPS) is 22.5. The smallest absolute Gasteiger partial charge is 0.290 e. The number of ketones is 3. The third-order valence-corrected chi connectivity index (χ3v) is 35.7. The number of nitrogens with zero attached hydrogens (tertiary/aromatic N) is 19. The van der Waals surface area contributed by atoms with Crippen molar-refractivity contribution >= 4 is 116 Å². The first kappa shape index (κ1) is 92.5. The molecule has 0 aliphatic heterocycles. The minimum Gasteiger partial charge on any atom is -0.290 e. The Morgan fingerprint density at radius 2 is 0.857 bits per heavy atom. The Bertz CT molecular complexity index is 6740. The van der Waals surface area contributed by atoms with Crippen LogP contribution in [0.5, 0.6) is 0 Å². The summed E-state index contributed by atoms with van der Waals surface area (Å²) in [6.45, 7) is 4.33. The van der Waals surface area contributed by atoms with Gasteiger partial charge < -0.3 is 0 Å². The first-order valence-corrected chi connectivity index (χ1v) is 50.1. The number of carbonyl (C=O) groups excluding carboxylic acids is 3. The van der Waals surface area contributed by atoms with Crippen LogP contribution in [0.1, 0.15) is 175 Å². The zero-order valence-corrected chi connectivity index (χ0v) is 76.9. The van der Waals surface area contributed by atoms with Crippen molar-refractivity contribution in [2.45, 2.75) is 180 Å². The lowest BCUT2D eigenvalue weighted by atomic mass is 9.61. The molecule has 5 saturated carbocycles. The van der Waals surface area contributed by atoms with E-state index in [-0.39, 0.29) is 100 Å². The topological polar surface area (TPSA) is 271 Å².